The van der Waals surface area contributed by atoms with E-state index in [0.29, 0.717) is 11.4 Å². The van der Waals surface area contributed by atoms with Crippen LogP contribution in [0.1, 0.15) is 43.9 Å². The van der Waals surface area contributed by atoms with Crippen LogP contribution in [-0.4, -0.2) is 50.9 Å². The van der Waals surface area contributed by atoms with Gasteiger partial charge in [-0.25, -0.2) is 8.42 Å². The van der Waals surface area contributed by atoms with E-state index in [4.69, 9.17) is 4.74 Å². The van der Waals surface area contributed by atoms with Gasteiger partial charge in [-0.3, -0.25) is 13.9 Å². The first-order valence-electron chi connectivity index (χ1n) is 13.3. The van der Waals surface area contributed by atoms with E-state index < -0.39 is 28.5 Å². The number of ether oxygens (including phenoxy) is 1. The first kappa shape index (κ1) is 30.7. The van der Waals surface area contributed by atoms with Crippen molar-refractivity contribution in [3.05, 3.63) is 89.5 Å². The van der Waals surface area contributed by atoms with Crippen LogP contribution >= 0.6 is 0 Å². The van der Waals surface area contributed by atoms with Gasteiger partial charge in [0.15, 0.2) is 0 Å². The van der Waals surface area contributed by atoms with Gasteiger partial charge >= 0.3 is 0 Å². The zero-order valence-electron chi connectivity index (χ0n) is 24.0. The summed E-state index contributed by atoms with van der Waals surface area (Å²) in [6, 6.07) is 19.8. The van der Waals surface area contributed by atoms with Gasteiger partial charge in [-0.15, -0.1) is 0 Å². The van der Waals surface area contributed by atoms with E-state index in [9.17, 15) is 18.0 Å². The molecule has 0 aromatic heterocycles. The summed E-state index contributed by atoms with van der Waals surface area (Å²) in [4.78, 5) is 28.6. The van der Waals surface area contributed by atoms with Crippen molar-refractivity contribution in [3.8, 4) is 5.75 Å². The van der Waals surface area contributed by atoms with Gasteiger partial charge in [0.1, 0.15) is 18.3 Å². The molecular weight excluding hydrogens is 526 g/mol. The van der Waals surface area contributed by atoms with Crippen LogP contribution in [0.3, 0.4) is 0 Å². The van der Waals surface area contributed by atoms with Crippen molar-refractivity contribution >= 4 is 27.5 Å². The summed E-state index contributed by atoms with van der Waals surface area (Å²) in [6.07, 6.45) is 0.737. The second-order valence-electron chi connectivity index (χ2n) is 10.0. The Bertz CT molecular complexity index is 1410. The fourth-order valence-electron chi connectivity index (χ4n) is 4.13. The lowest BCUT2D eigenvalue weighted by Gasteiger charge is -2.32. The molecule has 9 heteroatoms. The van der Waals surface area contributed by atoms with Crippen molar-refractivity contribution in [2.75, 3.05) is 18.0 Å². The summed E-state index contributed by atoms with van der Waals surface area (Å²) in [5.74, 6) is -0.140. The Hall–Kier alpha value is -3.85. The number of carbonyl (C=O) groups is 2. The van der Waals surface area contributed by atoms with Gasteiger partial charge in [0.2, 0.25) is 11.8 Å². The highest BCUT2D eigenvalue weighted by Gasteiger charge is 2.32. The molecule has 2 amide bonds. The zero-order chi connectivity index (χ0) is 29.4. The van der Waals surface area contributed by atoms with Gasteiger partial charge < -0.3 is 15.0 Å². The number of nitrogens with zero attached hydrogens (tertiary/aromatic N) is 2. The number of hydrogen-bond donors (Lipinski definition) is 1. The van der Waals surface area contributed by atoms with Crippen LogP contribution in [0.5, 0.6) is 5.75 Å². The number of amides is 2. The number of anilines is 1. The van der Waals surface area contributed by atoms with Crippen molar-refractivity contribution in [1.82, 2.24) is 10.2 Å². The van der Waals surface area contributed by atoms with Crippen LogP contribution in [0.4, 0.5) is 5.69 Å². The van der Waals surface area contributed by atoms with Gasteiger partial charge in [0.05, 0.1) is 17.7 Å². The van der Waals surface area contributed by atoms with Gasteiger partial charge in [0, 0.05) is 12.6 Å². The molecule has 3 aromatic rings. The average molecular weight is 566 g/mol. The summed E-state index contributed by atoms with van der Waals surface area (Å²) < 4.78 is 34.1. The third kappa shape index (κ3) is 7.63. The minimum atomic E-state index is -4.10. The minimum Gasteiger partial charge on any atom is -0.497 e. The van der Waals surface area contributed by atoms with Crippen molar-refractivity contribution in [3.63, 3.8) is 0 Å². The lowest BCUT2D eigenvalue weighted by molar-refractivity contribution is -0.139. The summed E-state index contributed by atoms with van der Waals surface area (Å²) >= 11 is 0. The van der Waals surface area contributed by atoms with E-state index in [1.807, 2.05) is 45.9 Å². The molecule has 1 N–H and O–H groups in total. The molecule has 0 spiro atoms. The van der Waals surface area contributed by atoms with Crippen LogP contribution in [0.25, 0.3) is 0 Å². The van der Waals surface area contributed by atoms with Gasteiger partial charge in [0.25, 0.3) is 10.0 Å². The topological polar surface area (TPSA) is 96.0 Å². The molecule has 0 aliphatic heterocycles. The Morgan fingerprint density at radius 1 is 0.925 bits per heavy atom. The van der Waals surface area contributed by atoms with E-state index in [1.165, 1.54) is 17.0 Å². The van der Waals surface area contributed by atoms with Crippen molar-refractivity contribution < 1.29 is 22.7 Å². The Labute approximate surface area is 238 Å². The SMILES string of the molecule is CC[C@@H](C)NC(=O)[C@H](C)N(Cc1ccc(OC)cc1)C(=O)CN(c1cccc(C)c1)S(=O)(=O)c1ccc(C)cc1. The van der Waals surface area contributed by atoms with Crippen LogP contribution in [0, 0.1) is 13.8 Å². The molecular formula is C31H39N3O5S. The quantitative estimate of drug-likeness (QED) is 0.339. The number of rotatable bonds is 12. The first-order valence-corrected chi connectivity index (χ1v) is 14.8. The molecule has 2 atom stereocenters. The maximum atomic E-state index is 14.0. The second kappa shape index (κ2) is 13.5. The molecule has 0 fully saturated rings. The molecule has 0 radical (unpaired) electrons. The zero-order valence-corrected chi connectivity index (χ0v) is 24.9. The molecule has 214 valence electrons. The van der Waals surface area contributed by atoms with Crippen LogP contribution in [-0.2, 0) is 26.2 Å². The number of nitrogens with one attached hydrogen (secondary N) is 1. The summed E-state index contributed by atoms with van der Waals surface area (Å²) in [5.41, 5.74) is 2.92. The Balaban J connectivity index is 2.02. The largest absolute Gasteiger partial charge is 0.497 e. The fourth-order valence-corrected chi connectivity index (χ4v) is 5.53. The van der Waals surface area contributed by atoms with Crippen LogP contribution in [0.15, 0.2) is 77.7 Å². The summed E-state index contributed by atoms with van der Waals surface area (Å²) in [7, 11) is -2.53. The number of carbonyl (C=O) groups excluding carboxylic acids is 2. The van der Waals surface area contributed by atoms with E-state index in [1.54, 1.807) is 56.5 Å². The Morgan fingerprint density at radius 2 is 1.57 bits per heavy atom. The third-order valence-corrected chi connectivity index (χ3v) is 8.65. The highest BCUT2D eigenvalue weighted by atomic mass is 32.2. The second-order valence-corrected chi connectivity index (χ2v) is 11.9. The van der Waals surface area contributed by atoms with Crippen molar-refractivity contribution in [2.24, 2.45) is 0 Å². The molecule has 0 aliphatic rings. The van der Waals surface area contributed by atoms with Gasteiger partial charge in [-0.05, 0) is 81.6 Å². The molecule has 0 saturated heterocycles. The Kier molecular flexibility index (Phi) is 10.3. The number of aryl methyl sites for hydroxylation is 2. The third-order valence-electron chi connectivity index (χ3n) is 6.86. The van der Waals surface area contributed by atoms with Crippen LogP contribution in [0.2, 0.25) is 0 Å². The van der Waals surface area contributed by atoms with E-state index >= 15 is 0 Å². The lowest BCUT2D eigenvalue weighted by atomic mass is 10.1. The molecule has 0 saturated carbocycles. The molecule has 40 heavy (non-hydrogen) atoms. The lowest BCUT2D eigenvalue weighted by Crippen LogP contribution is -2.52. The molecule has 3 rings (SSSR count). The average Bonchev–Trinajstić information content (AvgIpc) is 2.94. The Morgan fingerprint density at radius 3 is 2.15 bits per heavy atom. The predicted octanol–water partition coefficient (Wildman–Crippen LogP) is 4.84. The van der Waals surface area contributed by atoms with Crippen LogP contribution < -0.4 is 14.4 Å². The maximum Gasteiger partial charge on any atom is 0.264 e. The van der Waals surface area contributed by atoms with Crippen molar-refractivity contribution in [2.45, 2.75) is 64.6 Å². The minimum absolute atomic E-state index is 0.0707. The number of hydrogen-bond acceptors (Lipinski definition) is 5. The number of sulfonamides is 1. The molecule has 0 unspecified atom stereocenters. The fraction of sp³-hybridized carbons (Fsp3) is 0.355. The summed E-state index contributed by atoms with van der Waals surface area (Å²) in [6.45, 7) is 8.89. The molecule has 0 heterocycles. The molecule has 0 aliphatic carbocycles. The maximum absolute atomic E-state index is 14.0. The number of methoxy groups -OCH3 is 1. The van der Waals surface area contributed by atoms with E-state index in [0.717, 1.165) is 27.4 Å². The highest BCUT2D eigenvalue weighted by molar-refractivity contribution is 7.92. The monoisotopic (exact) mass is 565 g/mol. The first-order chi connectivity index (χ1) is 19.0. The number of benzene rings is 3. The van der Waals surface area contributed by atoms with Gasteiger partial charge in [-0.1, -0.05) is 48.9 Å². The van der Waals surface area contributed by atoms with Crippen molar-refractivity contribution in [1.29, 1.82) is 0 Å². The van der Waals surface area contributed by atoms with Gasteiger partial charge in [-0.2, -0.15) is 0 Å². The highest BCUT2D eigenvalue weighted by Crippen LogP contribution is 2.26. The standard InChI is InChI=1S/C31H39N3O5S/c1-7-24(4)32-31(36)25(5)33(20-26-13-15-28(39-6)16-14-26)30(35)21-34(27-10-8-9-23(3)19-27)40(37,38)29-17-11-22(2)12-18-29/h8-19,24-25H,7,20-21H2,1-6H3,(H,32,36)/t24-,25+/m1/s1. The van der Waals surface area contributed by atoms with E-state index in [-0.39, 0.29) is 23.4 Å². The molecule has 3 aromatic carbocycles. The smallest absolute Gasteiger partial charge is 0.264 e. The molecule has 0 bridgehead atoms. The molecule has 8 nitrogen and oxygen atoms in total. The van der Waals surface area contributed by atoms with E-state index in [2.05, 4.69) is 5.32 Å². The summed E-state index contributed by atoms with van der Waals surface area (Å²) in [5, 5.41) is 2.94. The predicted molar refractivity (Wildman–Crippen MR) is 158 cm³/mol. The normalized spacial score (nSPS) is 12.8.